The van der Waals surface area contributed by atoms with Crippen molar-refractivity contribution in [1.29, 1.82) is 0 Å². The maximum atomic E-state index is 6.23. The second-order valence-corrected chi connectivity index (χ2v) is 9.20. The molecule has 0 aromatic heterocycles. The molecule has 0 bridgehead atoms. The average molecular weight is 568 g/mol. The van der Waals surface area contributed by atoms with Crippen molar-refractivity contribution < 1.29 is 9.47 Å². The van der Waals surface area contributed by atoms with Crippen LogP contribution in [0, 0.1) is 0 Å². The summed E-state index contributed by atoms with van der Waals surface area (Å²) in [5.41, 5.74) is 3.64. The molecule has 0 amide bonds. The Labute approximate surface area is 224 Å². The van der Waals surface area contributed by atoms with Gasteiger partial charge < -0.3 is 14.8 Å². The largest absolute Gasteiger partial charge is 0.493 e. The van der Waals surface area contributed by atoms with Crippen molar-refractivity contribution in [2.45, 2.75) is 38.6 Å². The zero-order valence-corrected chi connectivity index (χ0v) is 22.6. The van der Waals surface area contributed by atoms with E-state index in [0.717, 1.165) is 66.1 Å². The van der Waals surface area contributed by atoms with E-state index < -0.39 is 0 Å². The summed E-state index contributed by atoms with van der Waals surface area (Å²) in [5, 5.41) is 3.76. The van der Waals surface area contributed by atoms with Crippen LogP contribution in [0.1, 0.15) is 29.5 Å². The van der Waals surface area contributed by atoms with Crippen molar-refractivity contribution in [3.8, 4) is 11.5 Å². The van der Waals surface area contributed by atoms with Crippen molar-refractivity contribution >= 4 is 40.7 Å². The molecule has 0 radical (unpaired) electrons. The zero-order chi connectivity index (χ0) is 22.2. The van der Waals surface area contributed by atoms with Crippen LogP contribution < -0.4 is 14.8 Å². The van der Waals surface area contributed by atoms with Crippen LogP contribution in [0.2, 0.25) is 0 Å². The van der Waals surface area contributed by atoms with Crippen LogP contribution in [0.5, 0.6) is 11.5 Å². The van der Waals surface area contributed by atoms with Gasteiger partial charge in [-0.05, 0) is 49.2 Å². The van der Waals surface area contributed by atoms with E-state index in [2.05, 4.69) is 74.7 Å². The first-order valence-electron chi connectivity index (χ1n) is 11.2. The van der Waals surface area contributed by atoms with Gasteiger partial charge in [0, 0.05) is 29.2 Å². The van der Waals surface area contributed by atoms with Crippen molar-refractivity contribution in [1.82, 2.24) is 10.2 Å². The lowest BCUT2D eigenvalue weighted by molar-refractivity contribution is 0.189. The Balaban J connectivity index is 0.00000204. The first-order valence-corrected chi connectivity index (χ1v) is 12.0. The average Bonchev–Trinajstić information content (AvgIpc) is 2.84. The van der Waals surface area contributed by atoms with Crippen molar-refractivity contribution in [3.63, 3.8) is 0 Å². The lowest BCUT2D eigenvalue weighted by atomic mass is 10.0. The number of hydrogen-bond donors (Lipinski definition) is 1. The summed E-state index contributed by atoms with van der Waals surface area (Å²) in [6.07, 6.45) is 2.30. The molecule has 1 N–H and O–H groups in total. The maximum Gasteiger partial charge on any atom is 0.166 e. The highest BCUT2D eigenvalue weighted by molar-refractivity contribution is 9.10. The summed E-state index contributed by atoms with van der Waals surface area (Å²) >= 11 is 3.62. The van der Waals surface area contributed by atoms with Crippen molar-refractivity contribution in [3.05, 3.63) is 94.0 Å². The van der Waals surface area contributed by atoms with Crippen LogP contribution >= 0.6 is 40.7 Å². The number of likely N-dealkylation sites (tertiary alicyclic amines) is 1. The highest BCUT2D eigenvalue weighted by Crippen LogP contribution is 2.35. The van der Waals surface area contributed by atoms with E-state index >= 15 is 0 Å². The minimum Gasteiger partial charge on any atom is -0.493 e. The molecule has 184 valence electrons. The fraction of sp³-hybridized carbons (Fsp3) is 0.333. The maximum absolute atomic E-state index is 6.23. The van der Waals surface area contributed by atoms with Crippen LogP contribution in [-0.2, 0) is 19.7 Å². The Bertz CT molecular complexity index is 985. The first-order chi connectivity index (χ1) is 15.7. The number of hydrogen-bond acceptors (Lipinski definition) is 4. The van der Waals surface area contributed by atoms with Gasteiger partial charge in [-0.1, -0.05) is 76.6 Å². The summed E-state index contributed by atoms with van der Waals surface area (Å²) in [5.74, 6) is 1.57. The quantitative estimate of drug-likeness (QED) is 0.314. The van der Waals surface area contributed by atoms with Crippen LogP contribution in [0.4, 0.5) is 0 Å². The molecule has 34 heavy (non-hydrogen) atoms. The second-order valence-electron chi connectivity index (χ2n) is 8.29. The van der Waals surface area contributed by atoms with Gasteiger partial charge in [0.2, 0.25) is 0 Å². The molecule has 0 saturated carbocycles. The van der Waals surface area contributed by atoms with Crippen LogP contribution in [0.25, 0.3) is 0 Å². The van der Waals surface area contributed by atoms with E-state index in [9.17, 15) is 0 Å². The molecule has 0 aliphatic carbocycles. The van der Waals surface area contributed by atoms with Gasteiger partial charge in [0.1, 0.15) is 6.61 Å². The highest BCUT2D eigenvalue weighted by atomic mass is 79.9. The lowest BCUT2D eigenvalue weighted by Crippen LogP contribution is -2.41. The zero-order valence-electron chi connectivity index (χ0n) is 19.4. The van der Waals surface area contributed by atoms with Gasteiger partial charge in [0.15, 0.2) is 11.5 Å². The molecule has 4 rings (SSSR count). The van der Waals surface area contributed by atoms with Gasteiger partial charge in [-0.25, -0.2) is 0 Å². The topological polar surface area (TPSA) is 33.7 Å². The molecule has 0 spiro atoms. The molecule has 3 aromatic rings. The third kappa shape index (κ3) is 8.17. The Hall–Kier alpha value is -1.76. The Kier molecular flexibility index (Phi) is 12.2. The van der Waals surface area contributed by atoms with E-state index in [-0.39, 0.29) is 24.8 Å². The van der Waals surface area contributed by atoms with Gasteiger partial charge >= 0.3 is 0 Å². The van der Waals surface area contributed by atoms with Crippen molar-refractivity contribution in [2.24, 2.45) is 0 Å². The third-order valence-electron chi connectivity index (χ3n) is 5.96. The third-order valence-corrected chi connectivity index (χ3v) is 6.42. The van der Waals surface area contributed by atoms with Crippen LogP contribution in [-0.4, -0.2) is 31.1 Å². The minimum absolute atomic E-state index is 0. The monoisotopic (exact) mass is 566 g/mol. The summed E-state index contributed by atoms with van der Waals surface area (Å²) in [4.78, 5) is 2.55. The molecule has 0 unspecified atom stereocenters. The molecule has 1 fully saturated rings. The number of nitrogens with one attached hydrogen (secondary N) is 1. The lowest BCUT2D eigenvalue weighted by Gasteiger charge is -2.32. The highest BCUT2D eigenvalue weighted by Gasteiger charge is 2.20. The number of methoxy groups -OCH3 is 1. The number of halogens is 3. The number of nitrogens with zero attached hydrogens (tertiary/aromatic N) is 1. The number of benzene rings is 3. The predicted molar refractivity (Wildman–Crippen MR) is 148 cm³/mol. The van der Waals surface area contributed by atoms with Gasteiger partial charge in [0.25, 0.3) is 0 Å². The van der Waals surface area contributed by atoms with E-state index in [0.29, 0.717) is 12.6 Å². The summed E-state index contributed by atoms with van der Waals surface area (Å²) in [7, 11) is 1.69. The number of piperidine rings is 1. The summed E-state index contributed by atoms with van der Waals surface area (Å²) < 4.78 is 12.9. The standard InChI is InChI=1S/C27H31BrN2O2.2ClH/c1-31-26-17-24(28)16-23(27(26)32-20-22-10-6-3-7-11-22)18-29-25-12-14-30(15-13-25)19-21-8-4-2-5-9-21;;/h2-11,16-17,25,29H,12-15,18-20H2,1H3;2*1H. The molecule has 1 aliphatic rings. The SMILES string of the molecule is COc1cc(Br)cc(CNC2CCN(Cc3ccccc3)CC2)c1OCc1ccccc1.Cl.Cl. The summed E-state index contributed by atoms with van der Waals surface area (Å²) in [6.45, 7) is 4.54. The fourth-order valence-electron chi connectivity index (χ4n) is 4.19. The molecule has 1 heterocycles. The van der Waals surface area contributed by atoms with Gasteiger partial charge in [-0.15, -0.1) is 24.8 Å². The Morgan fingerprint density at radius 2 is 1.53 bits per heavy atom. The first kappa shape index (κ1) is 28.5. The minimum atomic E-state index is 0. The van der Waals surface area contributed by atoms with E-state index in [1.807, 2.05) is 24.3 Å². The Morgan fingerprint density at radius 1 is 0.912 bits per heavy atom. The van der Waals surface area contributed by atoms with Gasteiger partial charge in [-0.3, -0.25) is 4.90 Å². The van der Waals surface area contributed by atoms with Crippen LogP contribution in [0.15, 0.2) is 77.3 Å². The molecule has 4 nitrogen and oxygen atoms in total. The van der Waals surface area contributed by atoms with E-state index in [1.54, 1.807) is 7.11 Å². The molecule has 0 atom stereocenters. The second kappa shape index (κ2) is 14.6. The molecular weight excluding hydrogens is 535 g/mol. The Morgan fingerprint density at radius 3 is 2.15 bits per heavy atom. The summed E-state index contributed by atoms with van der Waals surface area (Å²) in [6, 6.07) is 25.6. The molecule has 3 aromatic carbocycles. The smallest absolute Gasteiger partial charge is 0.166 e. The number of ether oxygens (including phenoxy) is 2. The van der Waals surface area contributed by atoms with E-state index in [1.165, 1.54) is 5.56 Å². The predicted octanol–water partition coefficient (Wildman–Crippen LogP) is 6.63. The fourth-order valence-corrected chi connectivity index (χ4v) is 4.67. The van der Waals surface area contributed by atoms with Crippen LogP contribution in [0.3, 0.4) is 0 Å². The molecule has 7 heteroatoms. The molecular formula is C27H33BrCl2N2O2. The molecule has 1 saturated heterocycles. The van der Waals surface area contributed by atoms with Crippen molar-refractivity contribution in [2.75, 3.05) is 20.2 Å². The normalized spacial score (nSPS) is 14.1. The van der Waals surface area contributed by atoms with Gasteiger partial charge in [-0.2, -0.15) is 0 Å². The van der Waals surface area contributed by atoms with Gasteiger partial charge in [0.05, 0.1) is 7.11 Å². The van der Waals surface area contributed by atoms with E-state index in [4.69, 9.17) is 9.47 Å². The molecule has 1 aliphatic heterocycles. The number of rotatable bonds is 9.